The van der Waals surface area contributed by atoms with Crippen LogP contribution < -0.4 is 9.46 Å². The predicted octanol–water partition coefficient (Wildman–Crippen LogP) is 0.769. The molecule has 1 aromatic carbocycles. The summed E-state index contributed by atoms with van der Waals surface area (Å²) in [5.74, 6) is 0.491. The van der Waals surface area contributed by atoms with Crippen LogP contribution in [0.25, 0.3) is 0 Å². The first-order valence-electron chi connectivity index (χ1n) is 9.32. The molecule has 0 bridgehead atoms. The van der Waals surface area contributed by atoms with Crippen molar-refractivity contribution in [2.75, 3.05) is 44.8 Å². The molecule has 9 heteroatoms. The molecule has 0 saturated heterocycles. The molecule has 2 N–H and O–H groups in total. The maximum absolute atomic E-state index is 13.0. The number of rotatable bonds is 6. The number of aliphatic hydroxyl groups is 1. The van der Waals surface area contributed by atoms with Gasteiger partial charge in [0.05, 0.1) is 25.3 Å². The third-order valence-electron chi connectivity index (χ3n) is 4.76. The van der Waals surface area contributed by atoms with E-state index in [2.05, 4.69) is 4.72 Å². The molecular formula is C19H31N3O5S. The largest absolute Gasteiger partial charge is 0.488 e. The first-order chi connectivity index (χ1) is 13.0. The van der Waals surface area contributed by atoms with Gasteiger partial charge in [0.1, 0.15) is 11.9 Å². The Bertz CT molecular complexity index is 797. The van der Waals surface area contributed by atoms with Gasteiger partial charge in [-0.3, -0.25) is 9.52 Å². The number of ether oxygens (including phenoxy) is 1. The normalized spacial score (nSPS) is 22.0. The molecule has 1 heterocycles. The van der Waals surface area contributed by atoms with E-state index in [0.29, 0.717) is 30.1 Å². The minimum absolute atomic E-state index is 0.0418. The van der Waals surface area contributed by atoms with Crippen LogP contribution in [-0.4, -0.2) is 81.4 Å². The van der Waals surface area contributed by atoms with Crippen molar-refractivity contribution in [3.63, 3.8) is 0 Å². The minimum atomic E-state index is -3.43. The number of carbonyl (C=O) groups is 1. The van der Waals surface area contributed by atoms with Gasteiger partial charge in [-0.15, -0.1) is 0 Å². The highest BCUT2D eigenvalue weighted by Gasteiger charge is 2.30. The Balaban J connectivity index is 2.46. The van der Waals surface area contributed by atoms with E-state index < -0.39 is 10.0 Å². The summed E-state index contributed by atoms with van der Waals surface area (Å²) < 4.78 is 31.8. The van der Waals surface area contributed by atoms with Crippen molar-refractivity contribution >= 4 is 21.6 Å². The van der Waals surface area contributed by atoms with E-state index in [1.807, 2.05) is 32.8 Å². The molecule has 3 atom stereocenters. The van der Waals surface area contributed by atoms with Crippen molar-refractivity contribution in [3.05, 3.63) is 23.8 Å². The van der Waals surface area contributed by atoms with Crippen LogP contribution in [0.3, 0.4) is 0 Å². The Morgan fingerprint density at radius 1 is 1.39 bits per heavy atom. The summed E-state index contributed by atoms with van der Waals surface area (Å²) in [7, 11) is 0.490. The zero-order chi connectivity index (χ0) is 21.1. The summed E-state index contributed by atoms with van der Waals surface area (Å²) in [6.07, 6.45) is 0.984. The highest BCUT2D eigenvalue weighted by atomic mass is 32.2. The summed E-state index contributed by atoms with van der Waals surface area (Å²) in [6, 6.07) is 4.66. The molecule has 158 valence electrons. The number of anilines is 1. The Labute approximate surface area is 167 Å². The molecule has 0 aliphatic carbocycles. The second kappa shape index (κ2) is 9.11. The van der Waals surface area contributed by atoms with Crippen LogP contribution >= 0.6 is 0 Å². The standard InChI is InChI=1S/C19H31N3O5S/c1-13-10-22(14(2)12-23)19(24)9-15-8-16(20-28(5,25)26)6-7-17(15)27-18(13)11-21(3)4/h6-8,13-14,18,20,23H,9-12H2,1-5H3/t13-,14+,18-/m0/s1. The minimum Gasteiger partial charge on any atom is -0.488 e. The number of likely N-dealkylation sites (N-methyl/N-ethyl adjacent to an activating group) is 1. The van der Waals surface area contributed by atoms with Gasteiger partial charge >= 0.3 is 0 Å². The van der Waals surface area contributed by atoms with Gasteiger partial charge in [0.25, 0.3) is 0 Å². The lowest BCUT2D eigenvalue weighted by Crippen LogP contribution is -2.47. The molecule has 28 heavy (non-hydrogen) atoms. The van der Waals surface area contributed by atoms with Crippen molar-refractivity contribution in [1.82, 2.24) is 9.80 Å². The number of benzene rings is 1. The molecule has 0 radical (unpaired) electrons. The second-order valence-corrected chi connectivity index (χ2v) is 9.60. The van der Waals surface area contributed by atoms with Gasteiger partial charge < -0.3 is 19.6 Å². The van der Waals surface area contributed by atoms with Gasteiger partial charge in [-0.1, -0.05) is 6.92 Å². The number of nitrogens with zero attached hydrogens (tertiary/aromatic N) is 2. The molecule has 1 aliphatic heterocycles. The van der Waals surface area contributed by atoms with Crippen molar-refractivity contribution < 1.29 is 23.1 Å². The van der Waals surface area contributed by atoms with Crippen molar-refractivity contribution in [2.45, 2.75) is 32.4 Å². The van der Waals surface area contributed by atoms with Gasteiger partial charge in [-0.25, -0.2) is 8.42 Å². The summed E-state index contributed by atoms with van der Waals surface area (Å²) >= 11 is 0. The topological polar surface area (TPSA) is 99.2 Å². The molecule has 0 unspecified atom stereocenters. The fourth-order valence-electron chi connectivity index (χ4n) is 3.28. The maximum Gasteiger partial charge on any atom is 0.229 e. The summed E-state index contributed by atoms with van der Waals surface area (Å²) in [4.78, 5) is 16.7. The van der Waals surface area contributed by atoms with E-state index in [4.69, 9.17) is 4.74 Å². The molecular weight excluding hydrogens is 382 g/mol. The number of sulfonamides is 1. The first kappa shape index (κ1) is 22.4. The van der Waals surface area contributed by atoms with Crippen LogP contribution in [0.2, 0.25) is 0 Å². The molecule has 0 aromatic heterocycles. The van der Waals surface area contributed by atoms with Gasteiger partial charge in [0, 0.05) is 30.3 Å². The van der Waals surface area contributed by atoms with Gasteiger partial charge in [-0.05, 0) is 39.2 Å². The van der Waals surface area contributed by atoms with E-state index in [1.54, 1.807) is 23.1 Å². The first-order valence-corrected chi connectivity index (χ1v) is 11.2. The monoisotopic (exact) mass is 413 g/mol. The fourth-order valence-corrected chi connectivity index (χ4v) is 3.84. The molecule has 1 amide bonds. The number of amides is 1. The van der Waals surface area contributed by atoms with Crippen molar-refractivity contribution in [3.8, 4) is 5.75 Å². The van der Waals surface area contributed by atoms with Crippen LogP contribution in [0, 0.1) is 5.92 Å². The molecule has 0 fully saturated rings. The lowest BCUT2D eigenvalue weighted by atomic mass is 10.0. The Kier molecular flexibility index (Phi) is 7.30. The smallest absolute Gasteiger partial charge is 0.229 e. The van der Waals surface area contributed by atoms with E-state index in [0.717, 1.165) is 6.26 Å². The van der Waals surface area contributed by atoms with Gasteiger partial charge in [0.15, 0.2) is 0 Å². The molecule has 1 aliphatic rings. The van der Waals surface area contributed by atoms with Crippen LogP contribution in [0.15, 0.2) is 18.2 Å². The number of hydrogen-bond acceptors (Lipinski definition) is 6. The number of carbonyl (C=O) groups excluding carboxylic acids is 1. The lowest BCUT2D eigenvalue weighted by molar-refractivity contribution is -0.134. The SMILES string of the molecule is C[C@H](CO)N1C[C@H](C)[C@H](CN(C)C)Oc2ccc(NS(C)(=O)=O)cc2CC1=O. The fraction of sp³-hybridized carbons (Fsp3) is 0.632. The summed E-state index contributed by atoms with van der Waals surface area (Å²) in [5, 5.41) is 9.59. The Hall–Kier alpha value is -1.84. The number of nitrogens with one attached hydrogen (secondary N) is 1. The third kappa shape index (κ3) is 6.08. The number of aliphatic hydroxyl groups excluding tert-OH is 1. The van der Waals surface area contributed by atoms with E-state index in [-0.39, 0.29) is 37.0 Å². The maximum atomic E-state index is 13.0. The zero-order valence-electron chi connectivity index (χ0n) is 17.2. The van der Waals surface area contributed by atoms with Gasteiger partial charge in [-0.2, -0.15) is 0 Å². The van der Waals surface area contributed by atoms with Crippen molar-refractivity contribution in [2.24, 2.45) is 5.92 Å². The third-order valence-corrected chi connectivity index (χ3v) is 5.37. The van der Waals surface area contributed by atoms with Gasteiger partial charge in [0.2, 0.25) is 15.9 Å². The summed E-state index contributed by atoms with van der Waals surface area (Å²) in [6.45, 7) is 4.86. The molecule has 1 aromatic rings. The number of hydrogen-bond donors (Lipinski definition) is 2. The van der Waals surface area contributed by atoms with Crippen molar-refractivity contribution in [1.29, 1.82) is 0 Å². The van der Waals surface area contributed by atoms with Crippen LogP contribution in [0.5, 0.6) is 5.75 Å². The average molecular weight is 414 g/mol. The molecule has 8 nitrogen and oxygen atoms in total. The highest BCUT2D eigenvalue weighted by molar-refractivity contribution is 7.92. The quantitative estimate of drug-likeness (QED) is 0.715. The second-order valence-electron chi connectivity index (χ2n) is 7.85. The Morgan fingerprint density at radius 3 is 2.64 bits per heavy atom. The molecule has 2 rings (SSSR count). The highest BCUT2D eigenvalue weighted by Crippen LogP contribution is 2.29. The molecule has 0 spiro atoms. The van der Waals surface area contributed by atoms with Crippen LogP contribution in [0.4, 0.5) is 5.69 Å². The lowest BCUT2D eigenvalue weighted by Gasteiger charge is -2.33. The van der Waals surface area contributed by atoms with E-state index in [9.17, 15) is 18.3 Å². The van der Waals surface area contributed by atoms with E-state index >= 15 is 0 Å². The summed E-state index contributed by atoms with van der Waals surface area (Å²) in [5.41, 5.74) is 1.00. The molecule has 0 saturated carbocycles. The Morgan fingerprint density at radius 2 is 2.07 bits per heavy atom. The van der Waals surface area contributed by atoms with Crippen LogP contribution in [-0.2, 0) is 21.2 Å². The van der Waals surface area contributed by atoms with Crippen LogP contribution in [0.1, 0.15) is 19.4 Å². The zero-order valence-corrected chi connectivity index (χ0v) is 18.0. The number of fused-ring (bicyclic) bond motifs is 1. The average Bonchev–Trinajstić information content (AvgIpc) is 2.62. The predicted molar refractivity (Wildman–Crippen MR) is 109 cm³/mol. The van der Waals surface area contributed by atoms with E-state index in [1.165, 1.54) is 0 Å².